The number of rotatable bonds is 4. The Hall–Kier alpha value is -4.61. The van der Waals surface area contributed by atoms with E-state index in [2.05, 4.69) is 0 Å². The molecule has 5 heterocycles. The van der Waals surface area contributed by atoms with Crippen LogP contribution >= 0.6 is 69.6 Å². The van der Waals surface area contributed by atoms with Crippen LogP contribution in [-0.4, -0.2) is 9.97 Å². The normalized spacial score (nSPS) is 12.0. The molecule has 0 saturated heterocycles. The Kier molecular flexibility index (Phi) is 11.5. The van der Waals surface area contributed by atoms with E-state index in [-0.39, 0.29) is 81.9 Å². The summed E-state index contributed by atoms with van der Waals surface area (Å²) in [4.78, 5) is 19.5. The summed E-state index contributed by atoms with van der Waals surface area (Å²) in [6, 6.07) is 20.9. The van der Waals surface area contributed by atoms with Crippen molar-refractivity contribution in [1.82, 2.24) is 19.9 Å². The summed E-state index contributed by atoms with van der Waals surface area (Å²) in [5, 5.41) is 1.39. The Morgan fingerprint density at radius 3 is 0.817 bits per heavy atom. The second-order valence-corrected chi connectivity index (χ2v) is 15.5. The van der Waals surface area contributed by atoms with E-state index in [1.165, 1.54) is 24.3 Å². The van der Waals surface area contributed by atoms with Gasteiger partial charge in [-0.05, 0) is 83.0 Å². The Morgan fingerprint density at radius 1 is 0.317 bits per heavy atom. The number of benzene rings is 4. The molecule has 0 atom stereocenters. The maximum absolute atomic E-state index is 15.9. The summed E-state index contributed by atoms with van der Waals surface area (Å²) in [6.07, 6.45) is 6.21. The molecule has 298 valence electrons. The molecule has 0 saturated carbocycles. The van der Waals surface area contributed by atoms with Gasteiger partial charge >= 0.3 is 17.1 Å². The van der Waals surface area contributed by atoms with Crippen LogP contribution in [-0.2, 0) is 17.1 Å². The summed E-state index contributed by atoms with van der Waals surface area (Å²) < 4.78 is 76.3. The third-order valence-electron chi connectivity index (χ3n) is 9.71. The molecule has 0 fully saturated rings. The van der Waals surface area contributed by atoms with Crippen molar-refractivity contribution in [2.45, 2.75) is 0 Å². The molecule has 16 heteroatoms. The predicted molar refractivity (Wildman–Crippen MR) is 228 cm³/mol. The Bertz CT molecular complexity index is 3080. The molecule has 2 aliphatic rings. The minimum atomic E-state index is -2.33. The second kappa shape index (κ2) is 16.3. The first-order chi connectivity index (χ1) is 28.3. The van der Waals surface area contributed by atoms with Gasteiger partial charge in [0.25, 0.3) is 0 Å². The van der Waals surface area contributed by atoms with E-state index >= 15 is 17.6 Å². The average molecular weight is 965 g/mol. The van der Waals surface area contributed by atoms with E-state index in [4.69, 9.17) is 89.5 Å². The topological polar surface area (TPSA) is 54.0 Å². The molecule has 0 amide bonds. The van der Waals surface area contributed by atoms with E-state index in [1.54, 1.807) is 78.9 Å². The minimum Gasteiger partial charge on any atom is -0.657 e. The van der Waals surface area contributed by atoms with Gasteiger partial charge in [0.05, 0.1) is 28.3 Å². The van der Waals surface area contributed by atoms with Crippen molar-refractivity contribution in [2.24, 2.45) is 0 Å². The van der Waals surface area contributed by atoms with Crippen LogP contribution in [0.5, 0.6) is 0 Å². The summed E-state index contributed by atoms with van der Waals surface area (Å²) >= 11 is 40.9. The molecule has 4 nitrogen and oxygen atoms in total. The van der Waals surface area contributed by atoms with Gasteiger partial charge in [0.2, 0.25) is 5.82 Å². The van der Waals surface area contributed by atoms with Crippen LogP contribution in [0.2, 0.25) is 30.1 Å². The molecule has 4 aromatic carbocycles. The minimum absolute atomic E-state index is 0. The first kappa shape index (κ1) is 42.1. The van der Waals surface area contributed by atoms with Crippen LogP contribution in [0.15, 0.2) is 78.9 Å². The van der Waals surface area contributed by atoms with Crippen molar-refractivity contribution in [3.8, 4) is 44.5 Å². The first-order valence-electron chi connectivity index (χ1n) is 17.2. The largest absolute Gasteiger partial charge is 2.00 e. The summed E-state index contributed by atoms with van der Waals surface area (Å²) in [5.74, 6) is -10.8. The standard InChI is InChI=1S/C44H17Cl6F5N4.Fe/c45-18-4-1-5-19(46)32(18)35-24-10-12-26(56-24)36(33-20(47)6-2-7-21(33)48)28-14-16-30(58-28)38(39-40(51)42(53)44(55)43(54)41(39)52)31-17-15-29(59-31)37(27-13-11-25(35)57-27)34-22(49)8-3-9-23(34)50;/h1-17H;/q-2;+2. The van der Waals surface area contributed by atoms with E-state index in [1.807, 2.05) is 0 Å². The number of halogens is 11. The van der Waals surface area contributed by atoms with Crippen molar-refractivity contribution in [2.75, 3.05) is 0 Å². The molecular weight excluding hydrogens is 948 g/mol. The average Bonchev–Trinajstić information content (AvgIpc) is 4.05. The van der Waals surface area contributed by atoms with Crippen LogP contribution in [0.3, 0.4) is 0 Å². The predicted octanol–water partition coefficient (Wildman–Crippen LogP) is 15.2. The van der Waals surface area contributed by atoms with E-state index < -0.39 is 40.2 Å². The van der Waals surface area contributed by atoms with Gasteiger partial charge in [-0.2, -0.15) is 0 Å². The van der Waals surface area contributed by atoms with Crippen LogP contribution in [0.4, 0.5) is 22.0 Å². The zero-order chi connectivity index (χ0) is 41.4. The van der Waals surface area contributed by atoms with Crippen LogP contribution < -0.4 is 9.97 Å². The van der Waals surface area contributed by atoms with Crippen LogP contribution in [0.1, 0.15) is 22.8 Å². The number of hydrogen-bond acceptors (Lipinski definition) is 2. The summed E-state index contributed by atoms with van der Waals surface area (Å²) in [5.41, 5.74) is 1.30. The fraction of sp³-hybridized carbons (Fsp3) is 0. The van der Waals surface area contributed by atoms with E-state index in [0.29, 0.717) is 43.5 Å². The SMILES string of the molecule is Fc1c(F)c(F)c(-c2c3nc(c(-c4c(Cl)cccc4Cl)c4ccc([n-]4)c(-c4c(Cl)cccc4Cl)c4nc(c(-c5c(Cl)cccc5Cl)c5ccc2[n-]5)C=C4)C=C3)c(F)c1F.[Fe+2]. The van der Waals surface area contributed by atoms with Gasteiger partial charge in [-0.25, -0.2) is 31.9 Å². The maximum atomic E-state index is 15.9. The van der Waals surface area contributed by atoms with Gasteiger partial charge in [0, 0.05) is 46.8 Å². The Labute approximate surface area is 377 Å². The monoisotopic (exact) mass is 962 g/mol. The third kappa shape index (κ3) is 6.93. The smallest absolute Gasteiger partial charge is 0.657 e. The number of hydrogen-bond donors (Lipinski definition) is 0. The Morgan fingerprint density at radius 2 is 0.550 bits per heavy atom. The van der Waals surface area contributed by atoms with Crippen molar-refractivity contribution in [3.63, 3.8) is 0 Å². The molecule has 0 aliphatic carbocycles. The number of aromatic nitrogens is 4. The van der Waals surface area contributed by atoms with Crippen molar-refractivity contribution in [3.05, 3.63) is 161 Å². The molecule has 2 aliphatic heterocycles. The van der Waals surface area contributed by atoms with Crippen LogP contribution in [0, 0.1) is 29.1 Å². The van der Waals surface area contributed by atoms with Gasteiger partial charge in [-0.3, -0.25) is 0 Å². The molecule has 60 heavy (non-hydrogen) atoms. The van der Waals surface area contributed by atoms with Gasteiger partial charge in [0.1, 0.15) is 0 Å². The van der Waals surface area contributed by atoms with E-state index in [0.717, 1.165) is 0 Å². The van der Waals surface area contributed by atoms with E-state index in [9.17, 15) is 4.39 Å². The van der Waals surface area contributed by atoms with Crippen LogP contribution in [0.25, 0.3) is 90.9 Å². The third-order valence-corrected chi connectivity index (χ3v) is 11.6. The number of nitrogens with zero attached hydrogens (tertiary/aromatic N) is 4. The van der Waals surface area contributed by atoms with Gasteiger partial charge in [-0.1, -0.05) is 112 Å². The van der Waals surface area contributed by atoms with Crippen molar-refractivity contribution < 1.29 is 39.0 Å². The van der Waals surface area contributed by atoms with Crippen molar-refractivity contribution in [1.29, 1.82) is 0 Å². The van der Waals surface area contributed by atoms with Crippen molar-refractivity contribution >= 4 is 116 Å². The molecular formula is C44H17Cl6F5FeN4. The first-order valence-corrected chi connectivity index (χ1v) is 19.5. The second-order valence-electron chi connectivity index (χ2n) is 13.1. The number of fused-ring (bicyclic) bond motifs is 8. The molecule has 0 unspecified atom stereocenters. The molecule has 0 N–H and O–H groups in total. The van der Waals surface area contributed by atoms with Gasteiger partial charge < -0.3 is 9.97 Å². The molecule has 3 aromatic heterocycles. The fourth-order valence-electron chi connectivity index (χ4n) is 7.15. The summed E-state index contributed by atoms with van der Waals surface area (Å²) in [6.45, 7) is 0. The zero-order valence-corrected chi connectivity index (χ0v) is 35.3. The molecule has 7 aromatic rings. The molecule has 9 rings (SSSR count). The quantitative estimate of drug-likeness (QED) is 0.0763. The molecule has 8 bridgehead atoms. The fourth-order valence-corrected chi connectivity index (χ4v) is 8.91. The van der Waals surface area contributed by atoms with Gasteiger partial charge in [-0.15, -0.1) is 22.1 Å². The maximum Gasteiger partial charge on any atom is 2.00 e. The zero-order valence-electron chi connectivity index (χ0n) is 29.6. The molecule has 0 spiro atoms. The van der Waals surface area contributed by atoms with Gasteiger partial charge in [0.15, 0.2) is 23.3 Å². The molecule has 0 radical (unpaired) electrons. The summed E-state index contributed by atoms with van der Waals surface area (Å²) in [7, 11) is 0. The Balaban J connectivity index is 0.00000499.